The van der Waals surface area contributed by atoms with Gasteiger partial charge < -0.3 is 19.5 Å². The molecule has 3 aromatic rings. The second kappa shape index (κ2) is 8.71. The van der Waals surface area contributed by atoms with E-state index in [1.165, 1.54) is 0 Å². The predicted octanol–water partition coefficient (Wildman–Crippen LogP) is 3.78. The summed E-state index contributed by atoms with van der Waals surface area (Å²) in [6.45, 7) is -0.124. The SMILES string of the molecule is COc1ccc(NC(=O)COc2ccc(-c3ccccc3)nc2)cc1OC. The molecule has 1 heterocycles. The van der Waals surface area contributed by atoms with E-state index in [4.69, 9.17) is 14.2 Å². The van der Waals surface area contributed by atoms with Gasteiger partial charge in [-0.2, -0.15) is 0 Å². The molecule has 0 spiro atoms. The standard InChI is InChI=1S/C21H20N2O4/c1-25-19-11-8-16(12-20(19)26-2)23-21(24)14-27-17-9-10-18(22-13-17)15-6-4-3-5-7-15/h3-13H,14H2,1-2H3,(H,23,24). The molecule has 0 saturated heterocycles. The number of nitrogens with one attached hydrogen (secondary N) is 1. The number of rotatable bonds is 7. The number of amides is 1. The van der Waals surface area contributed by atoms with E-state index in [9.17, 15) is 4.79 Å². The van der Waals surface area contributed by atoms with E-state index in [1.54, 1.807) is 44.7 Å². The average molecular weight is 364 g/mol. The van der Waals surface area contributed by atoms with E-state index >= 15 is 0 Å². The molecule has 0 aliphatic carbocycles. The molecule has 27 heavy (non-hydrogen) atoms. The van der Waals surface area contributed by atoms with Crippen molar-refractivity contribution in [3.63, 3.8) is 0 Å². The average Bonchev–Trinajstić information content (AvgIpc) is 2.73. The molecule has 0 aliphatic heterocycles. The van der Waals surface area contributed by atoms with Crippen LogP contribution in [0.25, 0.3) is 11.3 Å². The second-order valence-corrected chi connectivity index (χ2v) is 5.65. The number of carbonyl (C=O) groups excluding carboxylic acids is 1. The highest BCUT2D eigenvalue weighted by atomic mass is 16.5. The number of nitrogens with zero attached hydrogens (tertiary/aromatic N) is 1. The summed E-state index contributed by atoms with van der Waals surface area (Å²) in [5.41, 5.74) is 2.46. The number of hydrogen-bond donors (Lipinski definition) is 1. The van der Waals surface area contributed by atoms with Gasteiger partial charge in [-0.25, -0.2) is 0 Å². The van der Waals surface area contributed by atoms with Crippen molar-refractivity contribution in [1.82, 2.24) is 4.98 Å². The lowest BCUT2D eigenvalue weighted by molar-refractivity contribution is -0.118. The first-order valence-corrected chi connectivity index (χ1v) is 8.36. The third-order valence-electron chi connectivity index (χ3n) is 3.84. The molecule has 0 atom stereocenters. The Labute approximate surface area is 157 Å². The van der Waals surface area contributed by atoms with E-state index in [2.05, 4.69) is 10.3 Å². The summed E-state index contributed by atoms with van der Waals surface area (Å²) in [6.07, 6.45) is 1.60. The molecule has 1 aromatic heterocycles. The first kappa shape index (κ1) is 18.3. The Bertz CT molecular complexity index is 896. The third-order valence-corrected chi connectivity index (χ3v) is 3.84. The minimum atomic E-state index is -0.283. The van der Waals surface area contributed by atoms with Crippen LogP contribution >= 0.6 is 0 Å². The Kier molecular flexibility index (Phi) is 5.89. The molecule has 2 aromatic carbocycles. The number of ether oxygens (including phenoxy) is 3. The highest BCUT2D eigenvalue weighted by Gasteiger charge is 2.08. The topological polar surface area (TPSA) is 69.7 Å². The van der Waals surface area contributed by atoms with Gasteiger partial charge in [0.25, 0.3) is 5.91 Å². The molecule has 0 radical (unpaired) electrons. The van der Waals surface area contributed by atoms with Crippen LogP contribution in [0.2, 0.25) is 0 Å². The smallest absolute Gasteiger partial charge is 0.262 e. The molecule has 0 fully saturated rings. The normalized spacial score (nSPS) is 10.1. The van der Waals surface area contributed by atoms with Crippen LogP contribution in [0.1, 0.15) is 0 Å². The maximum absolute atomic E-state index is 12.1. The van der Waals surface area contributed by atoms with Crippen LogP contribution in [0.15, 0.2) is 66.9 Å². The lowest BCUT2D eigenvalue weighted by Gasteiger charge is -2.11. The summed E-state index contributed by atoms with van der Waals surface area (Å²) in [6, 6.07) is 18.6. The number of anilines is 1. The first-order valence-electron chi connectivity index (χ1n) is 8.36. The minimum Gasteiger partial charge on any atom is -0.493 e. The monoisotopic (exact) mass is 364 g/mol. The molecular weight excluding hydrogens is 344 g/mol. The first-order chi connectivity index (χ1) is 13.2. The van der Waals surface area contributed by atoms with E-state index in [0.29, 0.717) is 22.9 Å². The summed E-state index contributed by atoms with van der Waals surface area (Å²) in [4.78, 5) is 16.5. The van der Waals surface area contributed by atoms with Gasteiger partial charge in [0.2, 0.25) is 0 Å². The predicted molar refractivity (Wildman–Crippen MR) is 103 cm³/mol. The molecule has 1 N–H and O–H groups in total. The lowest BCUT2D eigenvalue weighted by Crippen LogP contribution is -2.20. The van der Waals surface area contributed by atoms with Gasteiger partial charge in [-0.15, -0.1) is 0 Å². The summed E-state index contributed by atoms with van der Waals surface area (Å²) >= 11 is 0. The second-order valence-electron chi connectivity index (χ2n) is 5.65. The molecule has 138 valence electrons. The number of aromatic nitrogens is 1. The third kappa shape index (κ3) is 4.76. The largest absolute Gasteiger partial charge is 0.493 e. The van der Waals surface area contributed by atoms with Crippen molar-refractivity contribution in [3.05, 3.63) is 66.9 Å². The van der Waals surface area contributed by atoms with Crippen LogP contribution in [0.4, 0.5) is 5.69 Å². The van der Waals surface area contributed by atoms with Crippen LogP contribution in [0.3, 0.4) is 0 Å². The number of methoxy groups -OCH3 is 2. The molecule has 6 nitrogen and oxygen atoms in total. The lowest BCUT2D eigenvalue weighted by atomic mass is 10.1. The fourth-order valence-electron chi connectivity index (χ4n) is 2.51. The molecule has 0 unspecified atom stereocenters. The Morgan fingerprint density at radius 1 is 0.963 bits per heavy atom. The van der Waals surface area contributed by atoms with Crippen molar-refractivity contribution in [2.24, 2.45) is 0 Å². The van der Waals surface area contributed by atoms with E-state index in [1.807, 2.05) is 36.4 Å². The zero-order valence-electron chi connectivity index (χ0n) is 15.1. The van der Waals surface area contributed by atoms with E-state index in [-0.39, 0.29) is 12.5 Å². The quantitative estimate of drug-likeness (QED) is 0.691. The zero-order chi connectivity index (χ0) is 19.1. The summed E-state index contributed by atoms with van der Waals surface area (Å²) in [5.74, 6) is 1.37. The summed E-state index contributed by atoms with van der Waals surface area (Å²) < 4.78 is 15.9. The van der Waals surface area contributed by atoms with Crippen molar-refractivity contribution in [3.8, 4) is 28.5 Å². The Morgan fingerprint density at radius 3 is 2.41 bits per heavy atom. The molecule has 1 amide bonds. The highest BCUT2D eigenvalue weighted by Crippen LogP contribution is 2.29. The van der Waals surface area contributed by atoms with E-state index < -0.39 is 0 Å². The van der Waals surface area contributed by atoms with Crippen molar-refractivity contribution >= 4 is 11.6 Å². The maximum atomic E-state index is 12.1. The van der Waals surface area contributed by atoms with Crippen LogP contribution in [0, 0.1) is 0 Å². The molecule has 0 saturated carbocycles. The van der Waals surface area contributed by atoms with Gasteiger partial charge in [0.1, 0.15) is 5.75 Å². The number of carbonyl (C=O) groups is 1. The van der Waals surface area contributed by atoms with Gasteiger partial charge in [-0.3, -0.25) is 9.78 Å². The summed E-state index contributed by atoms with van der Waals surface area (Å²) in [5, 5.41) is 2.76. The van der Waals surface area contributed by atoms with Gasteiger partial charge in [-0.05, 0) is 24.3 Å². The molecule has 6 heteroatoms. The van der Waals surface area contributed by atoms with Crippen LogP contribution in [-0.2, 0) is 4.79 Å². The molecule has 0 aliphatic rings. The Hall–Kier alpha value is -3.54. The molecular formula is C21H20N2O4. The molecule has 0 bridgehead atoms. The highest BCUT2D eigenvalue weighted by molar-refractivity contribution is 5.92. The van der Waals surface area contributed by atoms with Crippen molar-refractivity contribution in [2.45, 2.75) is 0 Å². The minimum absolute atomic E-state index is 0.124. The summed E-state index contributed by atoms with van der Waals surface area (Å²) in [7, 11) is 3.10. The van der Waals surface area contributed by atoms with Gasteiger partial charge in [0.05, 0.1) is 26.1 Å². The molecule has 3 rings (SSSR count). The number of benzene rings is 2. The van der Waals surface area contributed by atoms with Gasteiger partial charge in [0, 0.05) is 17.3 Å². The zero-order valence-corrected chi connectivity index (χ0v) is 15.1. The van der Waals surface area contributed by atoms with E-state index in [0.717, 1.165) is 11.3 Å². The van der Waals surface area contributed by atoms with Gasteiger partial charge >= 0.3 is 0 Å². The van der Waals surface area contributed by atoms with Gasteiger partial charge in [-0.1, -0.05) is 30.3 Å². The Morgan fingerprint density at radius 2 is 1.74 bits per heavy atom. The van der Waals surface area contributed by atoms with Crippen molar-refractivity contribution < 1.29 is 19.0 Å². The maximum Gasteiger partial charge on any atom is 0.262 e. The van der Waals surface area contributed by atoms with Gasteiger partial charge in [0.15, 0.2) is 18.1 Å². The Balaban J connectivity index is 1.56. The number of hydrogen-bond acceptors (Lipinski definition) is 5. The number of pyridine rings is 1. The van der Waals surface area contributed by atoms with Crippen molar-refractivity contribution in [1.29, 1.82) is 0 Å². The van der Waals surface area contributed by atoms with Crippen molar-refractivity contribution in [2.75, 3.05) is 26.1 Å². The fraction of sp³-hybridized carbons (Fsp3) is 0.143. The van der Waals surface area contributed by atoms with Crippen LogP contribution < -0.4 is 19.5 Å². The fourth-order valence-corrected chi connectivity index (χ4v) is 2.51. The van der Waals surface area contributed by atoms with Crippen LogP contribution in [-0.4, -0.2) is 31.7 Å². The van der Waals surface area contributed by atoms with Crippen LogP contribution in [0.5, 0.6) is 17.2 Å².